The van der Waals surface area contributed by atoms with Gasteiger partial charge >= 0.3 is 0 Å². The zero-order valence-electron chi connectivity index (χ0n) is 18.7. The third-order valence-corrected chi connectivity index (χ3v) is 6.69. The van der Waals surface area contributed by atoms with Crippen molar-refractivity contribution in [3.63, 3.8) is 0 Å². The minimum absolute atomic E-state index is 0.0360. The van der Waals surface area contributed by atoms with Gasteiger partial charge in [0.2, 0.25) is 5.69 Å². The molecule has 0 amide bonds. The number of thiazole rings is 1. The van der Waals surface area contributed by atoms with E-state index in [0.29, 0.717) is 38.5 Å². The number of aromatic nitrogens is 2. The molecule has 0 aliphatic heterocycles. The Bertz CT molecular complexity index is 1460. The number of anilines is 3. The second-order valence-corrected chi connectivity index (χ2v) is 9.11. The molecule has 0 saturated heterocycles. The van der Waals surface area contributed by atoms with E-state index in [1.807, 2.05) is 5.38 Å². The van der Waals surface area contributed by atoms with Crippen LogP contribution < -0.4 is 15.8 Å². The number of benzene rings is 2. The van der Waals surface area contributed by atoms with Crippen LogP contribution in [0.15, 0.2) is 58.9 Å². The van der Waals surface area contributed by atoms with E-state index >= 15 is 0 Å². The maximum atomic E-state index is 13.4. The molecule has 0 fully saturated rings. The predicted molar refractivity (Wildman–Crippen MR) is 139 cm³/mol. The molecule has 8 nitrogen and oxygen atoms in total. The van der Waals surface area contributed by atoms with Crippen LogP contribution in [0.5, 0.6) is 5.75 Å². The highest BCUT2D eigenvalue weighted by Crippen LogP contribution is 2.42. The molecule has 2 aromatic heterocycles. The molecule has 180 valence electrons. The molecule has 4 N–H and O–H groups in total. The van der Waals surface area contributed by atoms with E-state index in [1.165, 1.54) is 35.2 Å². The lowest BCUT2D eigenvalue weighted by Gasteiger charge is -2.13. The van der Waals surface area contributed by atoms with E-state index in [0.717, 1.165) is 5.69 Å². The molecular formula is C25H19FN6O2S2. The van der Waals surface area contributed by atoms with Crippen LogP contribution in [0.1, 0.15) is 11.3 Å². The predicted octanol–water partition coefficient (Wildman–Crippen LogP) is 5.76. The van der Waals surface area contributed by atoms with Crippen molar-refractivity contribution in [1.82, 2.24) is 9.97 Å². The number of aliphatic hydroxyl groups is 1. The molecule has 0 aliphatic carbocycles. The number of rotatable bonds is 9. The van der Waals surface area contributed by atoms with Crippen LogP contribution in [0.25, 0.3) is 16.0 Å². The van der Waals surface area contributed by atoms with Crippen LogP contribution in [0.2, 0.25) is 0 Å². The first-order valence-corrected chi connectivity index (χ1v) is 12.4. The van der Waals surface area contributed by atoms with Gasteiger partial charge in [0.15, 0.2) is 5.13 Å². The quantitative estimate of drug-likeness (QED) is 0.189. The fourth-order valence-electron chi connectivity index (χ4n) is 3.32. The van der Waals surface area contributed by atoms with Gasteiger partial charge in [0.05, 0.1) is 24.4 Å². The number of nitriles is 1. The molecule has 0 unspecified atom stereocenters. The number of nitrogen functional groups attached to an aromatic ring is 1. The van der Waals surface area contributed by atoms with Gasteiger partial charge in [-0.1, -0.05) is 30.0 Å². The number of halogens is 1. The minimum atomic E-state index is -0.342. The van der Waals surface area contributed by atoms with Gasteiger partial charge in [-0.2, -0.15) is 5.26 Å². The highest BCUT2D eigenvalue weighted by Gasteiger charge is 2.21. The molecule has 2 heterocycles. The van der Waals surface area contributed by atoms with Crippen molar-refractivity contribution in [2.24, 2.45) is 0 Å². The third kappa shape index (κ3) is 5.73. The Hall–Kier alpha value is -4.16. The monoisotopic (exact) mass is 518 g/mol. The molecule has 36 heavy (non-hydrogen) atoms. The van der Waals surface area contributed by atoms with E-state index in [-0.39, 0.29) is 36.1 Å². The van der Waals surface area contributed by atoms with Crippen molar-refractivity contribution >= 4 is 45.4 Å². The van der Waals surface area contributed by atoms with E-state index in [2.05, 4.69) is 26.2 Å². The number of nitrogens with zero attached hydrogens (tertiary/aromatic N) is 4. The number of hydrogen-bond donors (Lipinski definition) is 3. The SMILES string of the molecule is [C-]#[N+]c1c(N)nc(SCc2csc(Nc3cccc(F)c3)n2)c(C#N)c1-c1ccc(OCCO)cc1. The largest absolute Gasteiger partial charge is 0.491 e. The summed E-state index contributed by atoms with van der Waals surface area (Å²) in [5.74, 6) is 0.658. The lowest BCUT2D eigenvalue weighted by molar-refractivity contribution is 0.201. The Morgan fingerprint density at radius 2 is 2.06 bits per heavy atom. The molecular weight excluding hydrogens is 499 g/mol. The Morgan fingerprint density at radius 3 is 2.75 bits per heavy atom. The molecule has 0 bridgehead atoms. The van der Waals surface area contributed by atoms with Crippen LogP contribution in [-0.2, 0) is 5.75 Å². The van der Waals surface area contributed by atoms with Crippen LogP contribution in [0, 0.1) is 23.7 Å². The Morgan fingerprint density at radius 1 is 1.25 bits per heavy atom. The van der Waals surface area contributed by atoms with Crippen molar-refractivity contribution in [2.45, 2.75) is 10.8 Å². The van der Waals surface area contributed by atoms with Crippen molar-refractivity contribution in [3.05, 3.63) is 82.4 Å². The fraction of sp³-hybridized carbons (Fsp3) is 0.120. The van der Waals surface area contributed by atoms with E-state index in [4.69, 9.17) is 22.1 Å². The molecule has 4 rings (SSSR count). The van der Waals surface area contributed by atoms with Crippen molar-refractivity contribution in [2.75, 3.05) is 24.3 Å². The number of hydrogen-bond acceptors (Lipinski definition) is 9. The maximum absolute atomic E-state index is 13.4. The molecule has 11 heteroatoms. The molecule has 0 saturated carbocycles. The van der Waals surface area contributed by atoms with Crippen LogP contribution in [0.3, 0.4) is 0 Å². The molecule has 0 aliphatic rings. The zero-order valence-corrected chi connectivity index (χ0v) is 20.4. The molecule has 0 radical (unpaired) electrons. The van der Waals surface area contributed by atoms with E-state index in [1.54, 1.807) is 36.4 Å². The number of thioether (sulfide) groups is 1. The van der Waals surface area contributed by atoms with Crippen molar-refractivity contribution in [1.29, 1.82) is 5.26 Å². The van der Waals surface area contributed by atoms with Crippen LogP contribution in [0.4, 0.5) is 26.7 Å². The number of nitrogens with one attached hydrogen (secondary N) is 1. The fourth-order valence-corrected chi connectivity index (χ4v) is 5.04. The van der Waals surface area contributed by atoms with Gasteiger partial charge in [-0.05, 0) is 35.9 Å². The second kappa shape index (κ2) is 11.5. The summed E-state index contributed by atoms with van der Waals surface area (Å²) in [5, 5.41) is 24.8. The summed E-state index contributed by atoms with van der Waals surface area (Å²) in [6, 6.07) is 15.2. The van der Waals surface area contributed by atoms with Gasteiger partial charge in [-0.3, -0.25) is 0 Å². The Labute approximate surface area is 215 Å². The Kier molecular flexibility index (Phi) is 7.98. The summed E-state index contributed by atoms with van der Waals surface area (Å²) in [5.41, 5.74) is 8.83. The molecule has 0 atom stereocenters. The van der Waals surface area contributed by atoms with Crippen molar-refractivity contribution < 1.29 is 14.2 Å². The van der Waals surface area contributed by atoms with Gasteiger partial charge in [-0.25, -0.2) is 19.2 Å². The molecule has 0 spiro atoms. The topological polar surface area (TPSA) is 121 Å². The molecule has 4 aromatic rings. The first-order chi connectivity index (χ1) is 17.5. The maximum Gasteiger partial charge on any atom is 0.236 e. The number of nitrogens with two attached hydrogens (primary N) is 1. The van der Waals surface area contributed by atoms with E-state index < -0.39 is 0 Å². The number of ether oxygens (including phenoxy) is 1. The summed E-state index contributed by atoms with van der Waals surface area (Å²) in [6.07, 6.45) is 0. The average molecular weight is 519 g/mol. The summed E-state index contributed by atoms with van der Waals surface area (Å²) < 4.78 is 18.8. The highest BCUT2D eigenvalue weighted by atomic mass is 32.2. The second-order valence-electron chi connectivity index (χ2n) is 7.29. The van der Waals surface area contributed by atoms with Gasteiger partial charge in [0.25, 0.3) is 0 Å². The summed E-state index contributed by atoms with van der Waals surface area (Å²) >= 11 is 2.67. The Balaban J connectivity index is 1.58. The van der Waals surface area contributed by atoms with E-state index in [9.17, 15) is 9.65 Å². The molecule has 2 aromatic carbocycles. The smallest absolute Gasteiger partial charge is 0.236 e. The van der Waals surface area contributed by atoms with Crippen LogP contribution in [-0.4, -0.2) is 28.3 Å². The lowest BCUT2D eigenvalue weighted by atomic mass is 10.00. The number of pyridine rings is 1. The summed E-state index contributed by atoms with van der Waals surface area (Å²) in [4.78, 5) is 12.4. The summed E-state index contributed by atoms with van der Waals surface area (Å²) in [6.45, 7) is 7.65. The normalized spacial score (nSPS) is 10.4. The highest BCUT2D eigenvalue weighted by molar-refractivity contribution is 7.98. The van der Waals surface area contributed by atoms with Gasteiger partial charge in [0.1, 0.15) is 35.1 Å². The first-order valence-electron chi connectivity index (χ1n) is 10.6. The van der Waals surface area contributed by atoms with Gasteiger partial charge in [-0.15, -0.1) is 11.3 Å². The number of aliphatic hydroxyl groups excluding tert-OH is 1. The van der Waals surface area contributed by atoms with Gasteiger partial charge in [0, 0.05) is 22.4 Å². The third-order valence-electron chi connectivity index (χ3n) is 4.88. The average Bonchev–Trinajstić information content (AvgIpc) is 3.33. The zero-order chi connectivity index (χ0) is 25.5. The standard InChI is InChI=1S/C25H19FN6O2S2/c1-29-22-21(15-5-7-19(8-6-15)34-10-9-33)20(12-27)24(32-23(22)28)35-13-18-14-36-25(31-18)30-17-4-2-3-16(26)11-17/h2-8,11,14,33H,9-10,13H2,(H2,28,32)(H,30,31). The minimum Gasteiger partial charge on any atom is -0.491 e. The van der Waals surface area contributed by atoms with Gasteiger partial charge < -0.3 is 20.9 Å². The summed E-state index contributed by atoms with van der Waals surface area (Å²) in [7, 11) is 0. The lowest BCUT2D eigenvalue weighted by Crippen LogP contribution is -2.02. The van der Waals surface area contributed by atoms with Crippen LogP contribution >= 0.6 is 23.1 Å². The van der Waals surface area contributed by atoms with Crippen molar-refractivity contribution in [3.8, 4) is 22.9 Å². The first kappa shape index (κ1) is 24.9.